The summed E-state index contributed by atoms with van der Waals surface area (Å²) in [5, 5.41) is 0. The number of aromatic amines is 1. The predicted octanol–water partition coefficient (Wildman–Crippen LogP) is 0.193. The predicted molar refractivity (Wildman–Crippen MR) is 46.2 cm³/mol. The van der Waals surface area contributed by atoms with Crippen LogP contribution in [0.1, 0.15) is 13.8 Å². The standard InChI is InChI=1S/C8H12N2O2/c1-6(2)5-10-7(11)3-4-9-8(10)12/h3-4,6H,5H2,1-2H3,(H,9,12). The topological polar surface area (TPSA) is 54.9 Å². The average molecular weight is 168 g/mol. The Balaban J connectivity index is 3.14. The molecule has 1 heterocycles. The Labute approximate surface area is 69.9 Å². The fraction of sp³-hybridized carbons (Fsp3) is 0.500. The molecule has 1 aromatic heterocycles. The lowest BCUT2D eigenvalue weighted by atomic mass is 10.2. The lowest BCUT2D eigenvalue weighted by molar-refractivity contribution is 0.492. The van der Waals surface area contributed by atoms with Gasteiger partial charge in [-0.25, -0.2) is 4.79 Å². The molecule has 0 aliphatic carbocycles. The van der Waals surface area contributed by atoms with E-state index >= 15 is 0 Å². The maximum Gasteiger partial charge on any atom is 0.328 e. The van der Waals surface area contributed by atoms with E-state index in [0.717, 1.165) is 0 Å². The zero-order valence-electron chi connectivity index (χ0n) is 7.20. The zero-order valence-corrected chi connectivity index (χ0v) is 7.20. The van der Waals surface area contributed by atoms with E-state index in [-0.39, 0.29) is 11.2 Å². The Morgan fingerprint density at radius 2 is 2.17 bits per heavy atom. The van der Waals surface area contributed by atoms with Crippen molar-refractivity contribution in [3.8, 4) is 0 Å². The molecule has 0 saturated heterocycles. The molecule has 0 spiro atoms. The normalized spacial score (nSPS) is 10.6. The third-order valence-electron chi connectivity index (χ3n) is 1.49. The first-order valence-electron chi connectivity index (χ1n) is 3.90. The van der Waals surface area contributed by atoms with Crippen molar-refractivity contribution in [3.05, 3.63) is 33.1 Å². The highest BCUT2D eigenvalue weighted by Gasteiger charge is 2.01. The third kappa shape index (κ3) is 1.84. The Morgan fingerprint density at radius 1 is 1.50 bits per heavy atom. The molecule has 0 unspecified atom stereocenters. The number of hydrogen-bond donors (Lipinski definition) is 1. The first-order chi connectivity index (χ1) is 5.61. The number of H-pyrrole nitrogens is 1. The second-order valence-electron chi connectivity index (χ2n) is 3.13. The van der Waals surface area contributed by atoms with Crippen LogP contribution in [0.25, 0.3) is 0 Å². The largest absolute Gasteiger partial charge is 0.328 e. The maximum absolute atomic E-state index is 11.1. The van der Waals surface area contributed by atoms with Crippen molar-refractivity contribution in [3.63, 3.8) is 0 Å². The Bertz CT molecular complexity index is 334. The van der Waals surface area contributed by atoms with Gasteiger partial charge in [0.15, 0.2) is 0 Å². The Morgan fingerprint density at radius 3 is 2.67 bits per heavy atom. The van der Waals surface area contributed by atoms with Crippen molar-refractivity contribution in [2.45, 2.75) is 20.4 Å². The minimum Gasteiger partial charge on any atom is -0.314 e. The van der Waals surface area contributed by atoms with Crippen molar-refractivity contribution in [2.24, 2.45) is 5.92 Å². The van der Waals surface area contributed by atoms with Gasteiger partial charge in [0, 0.05) is 18.8 Å². The fourth-order valence-electron chi connectivity index (χ4n) is 0.990. The second-order valence-corrected chi connectivity index (χ2v) is 3.13. The van der Waals surface area contributed by atoms with E-state index in [2.05, 4.69) is 4.98 Å². The first kappa shape index (κ1) is 8.77. The van der Waals surface area contributed by atoms with Crippen LogP contribution in [-0.2, 0) is 6.54 Å². The molecule has 1 aromatic rings. The van der Waals surface area contributed by atoms with E-state index < -0.39 is 0 Å². The van der Waals surface area contributed by atoms with Gasteiger partial charge in [-0.1, -0.05) is 13.8 Å². The summed E-state index contributed by atoms with van der Waals surface area (Å²) in [7, 11) is 0. The lowest BCUT2D eigenvalue weighted by Crippen LogP contribution is -2.35. The molecule has 0 aliphatic heterocycles. The van der Waals surface area contributed by atoms with Crippen molar-refractivity contribution in [2.75, 3.05) is 0 Å². The van der Waals surface area contributed by atoms with Crippen molar-refractivity contribution in [1.82, 2.24) is 9.55 Å². The van der Waals surface area contributed by atoms with Gasteiger partial charge in [-0.2, -0.15) is 0 Å². The van der Waals surface area contributed by atoms with Gasteiger partial charge in [0.1, 0.15) is 0 Å². The number of hydrogen-bond acceptors (Lipinski definition) is 2. The van der Waals surface area contributed by atoms with E-state index in [9.17, 15) is 9.59 Å². The quantitative estimate of drug-likeness (QED) is 0.685. The van der Waals surface area contributed by atoms with Crippen LogP contribution in [-0.4, -0.2) is 9.55 Å². The average Bonchev–Trinajstić information content (AvgIpc) is 1.97. The molecule has 4 nitrogen and oxygen atoms in total. The first-order valence-corrected chi connectivity index (χ1v) is 3.90. The molecule has 0 aromatic carbocycles. The van der Waals surface area contributed by atoms with Gasteiger partial charge in [-0.15, -0.1) is 0 Å². The van der Waals surface area contributed by atoms with Gasteiger partial charge in [-0.3, -0.25) is 9.36 Å². The van der Waals surface area contributed by atoms with E-state index in [4.69, 9.17) is 0 Å². The minimum atomic E-state index is -0.337. The highest BCUT2D eigenvalue weighted by Crippen LogP contribution is 1.91. The molecule has 0 saturated carbocycles. The molecule has 1 N–H and O–H groups in total. The molecule has 0 fully saturated rings. The molecule has 0 radical (unpaired) electrons. The monoisotopic (exact) mass is 168 g/mol. The van der Waals surface area contributed by atoms with Gasteiger partial charge in [0.05, 0.1) is 0 Å². The number of rotatable bonds is 2. The molecular formula is C8H12N2O2. The molecule has 0 amide bonds. The molecule has 12 heavy (non-hydrogen) atoms. The van der Waals surface area contributed by atoms with Crippen LogP contribution in [0.5, 0.6) is 0 Å². The van der Waals surface area contributed by atoms with Crippen molar-refractivity contribution >= 4 is 0 Å². The number of nitrogens with zero attached hydrogens (tertiary/aromatic N) is 1. The summed E-state index contributed by atoms with van der Waals surface area (Å²) in [6.45, 7) is 4.38. The summed E-state index contributed by atoms with van der Waals surface area (Å²) >= 11 is 0. The summed E-state index contributed by atoms with van der Waals surface area (Å²) in [5.74, 6) is 0.297. The van der Waals surface area contributed by atoms with Crippen molar-refractivity contribution < 1.29 is 0 Å². The molecule has 0 bridgehead atoms. The van der Waals surface area contributed by atoms with E-state index in [0.29, 0.717) is 12.5 Å². The van der Waals surface area contributed by atoms with E-state index in [1.54, 1.807) is 0 Å². The molecule has 1 rings (SSSR count). The summed E-state index contributed by atoms with van der Waals surface area (Å²) in [6.07, 6.45) is 1.36. The van der Waals surface area contributed by atoms with Crippen LogP contribution >= 0.6 is 0 Å². The summed E-state index contributed by atoms with van der Waals surface area (Å²) in [6, 6.07) is 1.35. The zero-order chi connectivity index (χ0) is 9.14. The smallest absolute Gasteiger partial charge is 0.314 e. The van der Waals surface area contributed by atoms with Crippen LogP contribution in [0.2, 0.25) is 0 Å². The maximum atomic E-state index is 11.1. The SMILES string of the molecule is CC(C)Cn1c(=O)cc[nH]c1=O. The van der Waals surface area contributed by atoms with Gasteiger partial charge in [0.2, 0.25) is 0 Å². The number of aromatic nitrogens is 2. The highest BCUT2D eigenvalue weighted by atomic mass is 16.2. The lowest BCUT2D eigenvalue weighted by Gasteiger charge is -2.05. The van der Waals surface area contributed by atoms with Gasteiger partial charge >= 0.3 is 5.69 Å². The second kappa shape index (κ2) is 3.38. The van der Waals surface area contributed by atoms with E-state index in [1.807, 2.05) is 13.8 Å². The van der Waals surface area contributed by atoms with Crippen molar-refractivity contribution in [1.29, 1.82) is 0 Å². The third-order valence-corrected chi connectivity index (χ3v) is 1.49. The molecule has 0 aliphatic rings. The van der Waals surface area contributed by atoms with Crippen LogP contribution < -0.4 is 11.2 Å². The molecule has 66 valence electrons. The van der Waals surface area contributed by atoms with Gasteiger partial charge < -0.3 is 4.98 Å². The minimum absolute atomic E-state index is 0.243. The van der Waals surface area contributed by atoms with Gasteiger partial charge in [-0.05, 0) is 5.92 Å². The highest BCUT2D eigenvalue weighted by molar-refractivity contribution is 4.82. The van der Waals surface area contributed by atoms with Crippen LogP contribution in [0.15, 0.2) is 21.9 Å². The number of nitrogens with one attached hydrogen (secondary N) is 1. The Hall–Kier alpha value is -1.32. The van der Waals surface area contributed by atoms with Crippen LogP contribution in [0.4, 0.5) is 0 Å². The van der Waals surface area contributed by atoms with E-state index in [1.165, 1.54) is 16.8 Å². The van der Waals surface area contributed by atoms with Crippen LogP contribution in [0.3, 0.4) is 0 Å². The molecule has 0 atom stereocenters. The summed E-state index contributed by atoms with van der Waals surface area (Å²) in [4.78, 5) is 24.7. The molecule has 4 heteroatoms. The van der Waals surface area contributed by atoms with Gasteiger partial charge in [0.25, 0.3) is 5.56 Å². The molecular weight excluding hydrogens is 156 g/mol. The fourth-order valence-corrected chi connectivity index (χ4v) is 0.990. The summed E-state index contributed by atoms with van der Waals surface area (Å²) < 4.78 is 1.20. The Kier molecular flexibility index (Phi) is 2.47. The summed E-state index contributed by atoms with van der Waals surface area (Å²) in [5.41, 5.74) is -0.580. The van der Waals surface area contributed by atoms with Crippen LogP contribution in [0, 0.1) is 5.92 Å².